The molecule has 1 N–H and O–H groups in total. The first-order valence-corrected chi connectivity index (χ1v) is 8.58. The lowest BCUT2D eigenvalue weighted by atomic mass is 10.4. The highest BCUT2D eigenvalue weighted by Gasteiger charge is 2.14. The Morgan fingerprint density at radius 2 is 2.28 bits per heavy atom. The van der Waals surface area contributed by atoms with E-state index < -0.39 is 0 Å². The molecule has 0 aliphatic carbocycles. The molecule has 2 aromatic heterocycles. The zero-order chi connectivity index (χ0) is 18.2. The van der Waals surface area contributed by atoms with Gasteiger partial charge in [-0.3, -0.25) is 0 Å². The number of guanidine groups is 1. The second-order valence-electron chi connectivity index (χ2n) is 5.78. The zero-order valence-corrected chi connectivity index (χ0v) is 15.7. The van der Waals surface area contributed by atoms with Crippen LogP contribution in [0.4, 0.5) is 0 Å². The van der Waals surface area contributed by atoms with Crippen LogP contribution in [0.5, 0.6) is 0 Å². The van der Waals surface area contributed by atoms with Gasteiger partial charge in [0, 0.05) is 39.1 Å². The van der Waals surface area contributed by atoms with E-state index in [-0.39, 0.29) is 6.10 Å². The SMILES string of the molecule is CCNC(=NCc1nc(C(C)OCC)no1)N(C)Cc1cccn1C. The predicted octanol–water partition coefficient (Wildman–Crippen LogP) is 2.10. The van der Waals surface area contributed by atoms with Crippen LogP contribution in [0.2, 0.25) is 0 Å². The summed E-state index contributed by atoms with van der Waals surface area (Å²) >= 11 is 0. The minimum Gasteiger partial charge on any atom is -0.371 e. The molecule has 2 heterocycles. The van der Waals surface area contributed by atoms with Crippen LogP contribution in [0.15, 0.2) is 27.8 Å². The number of hydrogen-bond acceptors (Lipinski definition) is 5. The van der Waals surface area contributed by atoms with Gasteiger partial charge in [-0.2, -0.15) is 4.98 Å². The Morgan fingerprint density at radius 1 is 1.48 bits per heavy atom. The average molecular weight is 348 g/mol. The molecule has 138 valence electrons. The van der Waals surface area contributed by atoms with Crippen LogP contribution >= 0.6 is 0 Å². The van der Waals surface area contributed by atoms with Crippen molar-refractivity contribution in [2.24, 2.45) is 12.0 Å². The van der Waals surface area contributed by atoms with E-state index >= 15 is 0 Å². The van der Waals surface area contributed by atoms with Crippen LogP contribution in [0.1, 0.15) is 44.3 Å². The van der Waals surface area contributed by atoms with Crippen molar-refractivity contribution in [3.8, 4) is 0 Å². The molecule has 0 spiro atoms. The van der Waals surface area contributed by atoms with E-state index in [0.29, 0.717) is 24.9 Å². The number of nitrogens with one attached hydrogen (secondary N) is 1. The lowest BCUT2D eigenvalue weighted by molar-refractivity contribution is 0.0683. The summed E-state index contributed by atoms with van der Waals surface area (Å²) in [5, 5.41) is 7.24. The van der Waals surface area contributed by atoms with Crippen LogP contribution in [0, 0.1) is 0 Å². The van der Waals surface area contributed by atoms with Crippen molar-refractivity contribution in [1.82, 2.24) is 24.9 Å². The van der Waals surface area contributed by atoms with E-state index in [1.807, 2.05) is 47.1 Å². The molecular weight excluding hydrogens is 320 g/mol. The van der Waals surface area contributed by atoms with Crippen molar-refractivity contribution in [3.63, 3.8) is 0 Å². The lowest BCUT2D eigenvalue weighted by Crippen LogP contribution is -2.38. The highest BCUT2D eigenvalue weighted by Crippen LogP contribution is 2.13. The number of rotatable bonds is 8. The smallest absolute Gasteiger partial charge is 0.248 e. The Labute approximate surface area is 148 Å². The molecule has 8 nitrogen and oxygen atoms in total. The van der Waals surface area contributed by atoms with Gasteiger partial charge in [-0.05, 0) is 32.9 Å². The minimum absolute atomic E-state index is 0.181. The van der Waals surface area contributed by atoms with Gasteiger partial charge in [0.1, 0.15) is 12.6 Å². The molecule has 0 radical (unpaired) electrons. The summed E-state index contributed by atoms with van der Waals surface area (Å²) in [6, 6.07) is 4.13. The third-order valence-corrected chi connectivity index (χ3v) is 3.78. The Hall–Kier alpha value is -2.35. The third kappa shape index (κ3) is 5.32. The molecule has 2 rings (SSSR count). The summed E-state index contributed by atoms with van der Waals surface area (Å²) in [7, 11) is 4.04. The minimum atomic E-state index is -0.181. The fourth-order valence-electron chi connectivity index (χ4n) is 2.41. The second kappa shape index (κ2) is 9.22. The molecule has 0 amide bonds. The fraction of sp³-hybridized carbons (Fsp3) is 0.588. The summed E-state index contributed by atoms with van der Waals surface area (Å²) in [6.07, 6.45) is 1.85. The van der Waals surface area contributed by atoms with Crippen molar-refractivity contribution < 1.29 is 9.26 Å². The summed E-state index contributed by atoms with van der Waals surface area (Å²) in [4.78, 5) is 11.0. The van der Waals surface area contributed by atoms with Crippen molar-refractivity contribution >= 4 is 5.96 Å². The monoisotopic (exact) mass is 348 g/mol. The topological polar surface area (TPSA) is 80.7 Å². The number of hydrogen-bond donors (Lipinski definition) is 1. The fourth-order valence-corrected chi connectivity index (χ4v) is 2.41. The number of ether oxygens (including phenoxy) is 1. The Kier molecular flexibility index (Phi) is 7.00. The van der Waals surface area contributed by atoms with Gasteiger partial charge in [0.2, 0.25) is 5.89 Å². The van der Waals surface area contributed by atoms with Crippen LogP contribution in [-0.2, 0) is 24.9 Å². The molecular formula is C17H28N6O2. The first-order chi connectivity index (χ1) is 12.0. The summed E-state index contributed by atoms with van der Waals surface area (Å²) in [5.41, 5.74) is 1.21. The van der Waals surface area contributed by atoms with Crippen LogP contribution in [-0.4, -0.2) is 45.8 Å². The lowest BCUT2D eigenvalue weighted by Gasteiger charge is -2.22. The maximum atomic E-state index is 5.47. The Bertz CT molecular complexity index is 678. The van der Waals surface area contributed by atoms with Gasteiger partial charge in [-0.25, -0.2) is 4.99 Å². The second-order valence-corrected chi connectivity index (χ2v) is 5.78. The van der Waals surface area contributed by atoms with E-state index in [4.69, 9.17) is 9.26 Å². The molecule has 8 heteroatoms. The van der Waals surface area contributed by atoms with E-state index in [9.17, 15) is 0 Å². The zero-order valence-electron chi connectivity index (χ0n) is 15.7. The largest absolute Gasteiger partial charge is 0.371 e. The predicted molar refractivity (Wildman–Crippen MR) is 96.0 cm³/mol. The van der Waals surface area contributed by atoms with Crippen LogP contribution in [0.3, 0.4) is 0 Å². The van der Waals surface area contributed by atoms with Gasteiger partial charge in [-0.15, -0.1) is 0 Å². The standard InChI is InChI=1S/C17H28N6O2/c1-6-18-17(23(5)12-14-9-8-10-22(14)4)19-11-15-20-16(21-25-15)13(3)24-7-2/h8-10,13H,6-7,11-12H2,1-5H3,(H,18,19). The van der Waals surface area contributed by atoms with Crippen LogP contribution in [0.25, 0.3) is 0 Å². The van der Waals surface area contributed by atoms with Gasteiger partial charge in [0.05, 0.1) is 6.54 Å². The van der Waals surface area contributed by atoms with Crippen molar-refractivity contribution in [3.05, 3.63) is 35.7 Å². The first-order valence-electron chi connectivity index (χ1n) is 8.58. The highest BCUT2D eigenvalue weighted by molar-refractivity contribution is 5.79. The molecule has 2 aromatic rings. The number of aliphatic imine (C=N–C) groups is 1. The molecule has 0 bridgehead atoms. The number of nitrogens with zero attached hydrogens (tertiary/aromatic N) is 5. The summed E-state index contributed by atoms with van der Waals surface area (Å²) < 4.78 is 12.8. The Balaban J connectivity index is 2.02. The van der Waals surface area contributed by atoms with E-state index in [2.05, 4.69) is 36.0 Å². The van der Waals surface area contributed by atoms with Crippen LogP contribution < -0.4 is 5.32 Å². The average Bonchev–Trinajstić information content (AvgIpc) is 3.21. The normalized spacial score (nSPS) is 13.1. The molecule has 25 heavy (non-hydrogen) atoms. The van der Waals surface area contributed by atoms with Gasteiger partial charge >= 0.3 is 0 Å². The first kappa shape index (κ1) is 19.0. The molecule has 0 aromatic carbocycles. The molecule has 0 saturated heterocycles. The quantitative estimate of drug-likeness (QED) is 0.581. The molecule has 1 unspecified atom stereocenters. The van der Waals surface area contributed by atoms with Crippen molar-refractivity contribution in [1.29, 1.82) is 0 Å². The van der Waals surface area contributed by atoms with Gasteiger partial charge < -0.3 is 24.0 Å². The molecule has 0 fully saturated rings. The van der Waals surface area contributed by atoms with Crippen molar-refractivity contribution in [2.45, 2.75) is 40.0 Å². The van der Waals surface area contributed by atoms with Gasteiger partial charge in [0.15, 0.2) is 11.8 Å². The van der Waals surface area contributed by atoms with E-state index in [0.717, 1.165) is 19.0 Å². The van der Waals surface area contributed by atoms with Gasteiger partial charge in [-0.1, -0.05) is 5.16 Å². The number of aromatic nitrogens is 3. The van der Waals surface area contributed by atoms with E-state index in [1.165, 1.54) is 5.69 Å². The van der Waals surface area contributed by atoms with E-state index in [1.54, 1.807) is 0 Å². The third-order valence-electron chi connectivity index (χ3n) is 3.78. The summed E-state index contributed by atoms with van der Waals surface area (Å²) in [5.74, 6) is 1.82. The highest BCUT2D eigenvalue weighted by atomic mass is 16.5. The maximum Gasteiger partial charge on any atom is 0.248 e. The molecule has 0 aliphatic rings. The van der Waals surface area contributed by atoms with Gasteiger partial charge in [0.25, 0.3) is 0 Å². The van der Waals surface area contributed by atoms with Crippen molar-refractivity contribution in [2.75, 3.05) is 20.2 Å². The number of aryl methyl sites for hydroxylation is 1. The maximum absolute atomic E-state index is 5.47. The summed E-state index contributed by atoms with van der Waals surface area (Å²) in [6.45, 7) is 8.36. The molecule has 0 saturated carbocycles. The molecule has 1 atom stereocenters. The Morgan fingerprint density at radius 3 is 2.92 bits per heavy atom. The molecule has 0 aliphatic heterocycles.